The molecule has 3 nitrogen and oxygen atoms in total. The van der Waals surface area contributed by atoms with E-state index in [4.69, 9.17) is 38.4 Å². The topological polar surface area (TPSA) is 44.5 Å². The second-order valence-electron chi connectivity index (χ2n) is 4.38. The molecule has 2 aromatic carbocycles. The highest BCUT2D eigenvalue weighted by Gasteiger charge is 2.11. The first-order valence-electron chi connectivity index (χ1n) is 6.35. The number of halogens is 3. The first-order valence-corrected chi connectivity index (χ1v) is 7.11. The first-order chi connectivity index (χ1) is 9.99. The van der Waals surface area contributed by atoms with Crippen molar-refractivity contribution in [3.63, 3.8) is 0 Å². The van der Waals surface area contributed by atoms with Crippen LogP contribution in [-0.2, 0) is 0 Å². The molecule has 0 aliphatic rings. The maximum Gasteiger partial charge on any atom is 0.167 e. The molecule has 6 heteroatoms. The van der Waals surface area contributed by atoms with Crippen LogP contribution in [0.5, 0.6) is 17.2 Å². The second-order valence-corrected chi connectivity index (χ2v) is 5.25. The minimum atomic E-state index is -0.530. The van der Waals surface area contributed by atoms with Gasteiger partial charge in [-0.3, -0.25) is 0 Å². The van der Waals surface area contributed by atoms with Gasteiger partial charge in [0.25, 0.3) is 0 Å². The maximum absolute atomic E-state index is 13.7. The van der Waals surface area contributed by atoms with E-state index in [0.29, 0.717) is 22.4 Å². The van der Waals surface area contributed by atoms with E-state index in [1.165, 1.54) is 6.07 Å². The van der Waals surface area contributed by atoms with Crippen molar-refractivity contribution >= 4 is 28.9 Å². The molecular weight excluding hydrogens is 316 g/mol. The van der Waals surface area contributed by atoms with Crippen molar-refractivity contribution in [2.24, 2.45) is 0 Å². The summed E-state index contributed by atoms with van der Waals surface area (Å²) in [6.45, 7) is 2.34. The van der Waals surface area contributed by atoms with Crippen LogP contribution in [0.2, 0.25) is 10.0 Å². The van der Waals surface area contributed by atoms with Gasteiger partial charge in [-0.1, -0.05) is 30.1 Å². The van der Waals surface area contributed by atoms with E-state index in [0.717, 1.165) is 12.5 Å². The molecule has 0 amide bonds. The van der Waals surface area contributed by atoms with Crippen molar-refractivity contribution in [2.45, 2.75) is 13.3 Å². The molecule has 2 rings (SSSR count). The highest BCUT2D eigenvalue weighted by molar-refractivity contribution is 6.34. The van der Waals surface area contributed by atoms with Gasteiger partial charge in [-0.15, -0.1) is 0 Å². The van der Waals surface area contributed by atoms with E-state index in [1.54, 1.807) is 18.2 Å². The van der Waals surface area contributed by atoms with Crippen LogP contribution in [0.1, 0.15) is 13.3 Å². The summed E-state index contributed by atoms with van der Waals surface area (Å²) in [6.07, 6.45) is 0.768. The molecule has 0 heterocycles. The molecule has 0 spiro atoms. The number of nitrogens with two attached hydrogens (primary N) is 1. The molecule has 0 radical (unpaired) electrons. The van der Waals surface area contributed by atoms with Gasteiger partial charge in [0.2, 0.25) is 0 Å². The summed E-state index contributed by atoms with van der Waals surface area (Å²) in [5, 5.41) is 0.862. The highest BCUT2D eigenvalue weighted by atomic mass is 35.5. The summed E-state index contributed by atoms with van der Waals surface area (Å²) in [5.74, 6) is 0.250. The number of hydrogen-bond donors (Lipinski definition) is 1. The minimum Gasteiger partial charge on any atom is -0.490 e. The number of benzene rings is 2. The van der Waals surface area contributed by atoms with Crippen LogP contribution >= 0.6 is 23.2 Å². The standard InChI is InChI=1S/C15H14Cl2FNO2/c1-2-3-20-14-8-15(13(19)7-12(14)18)21-11-5-9(16)4-10(17)6-11/h4-8H,2-3,19H2,1H3. The Balaban J connectivity index is 2.30. The summed E-state index contributed by atoms with van der Waals surface area (Å²) in [4.78, 5) is 0. The Labute approximate surface area is 132 Å². The number of nitrogen functional groups attached to an aromatic ring is 1. The molecule has 0 aliphatic heterocycles. The van der Waals surface area contributed by atoms with Crippen LogP contribution in [-0.4, -0.2) is 6.61 Å². The third kappa shape index (κ3) is 4.16. The Kier molecular flexibility index (Phi) is 5.15. The molecule has 0 atom stereocenters. The number of ether oxygens (including phenoxy) is 2. The predicted molar refractivity (Wildman–Crippen MR) is 83.1 cm³/mol. The van der Waals surface area contributed by atoms with Crippen LogP contribution < -0.4 is 15.2 Å². The Bertz CT molecular complexity index is 630. The summed E-state index contributed by atoms with van der Waals surface area (Å²) in [7, 11) is 0. The van der Waals surface area contributed by atoms with Crippen molar-refractivity contribution < 1.29 is 13.9 Å². The van der Waals surface area contributed by atoms with Gasteiger partial charge in [0.05, 0.1) is 12.3 Å². The molecule has 0 bridgehead atoms. The average Bonchev–Trinajstić information content (AvgIpc) is 2.39. The smallest absolute Gasteiger partial charge is 0.167 e. The van der Waals surface area contributed by atoms with Crippen LogP contribution in [0.4, 0.5) is 10.1 Å². The zero-order chi connectivity index (χ0) is 15.4. The van der Waals surface area contributed by atoms with Crippen LogP contribution in [0.3, 0.4) is 0 Å². The summed E-state index contributed by atoms with van der Waals surface area (Å²) >= 11 is 11.8. The van der Waals surface area contributed by atoms with E-state index in [-0.39, 0.29) is 17.2 Å². The molecule has 112 valence electrons. The highest BCUT2D eigenvalue weighted by Crippen LogP contribution is 2.35. The van der Waals surface area contributed by atoms with Gasteiger partial charge in [0.1, 0.15) is 5.75 Å². The Morgan fingerprint density at radius 1 is 1.05 bits per heavy atom. The zero-order valence-electron chi connectivity index (χ0n) is 11.3. The first kappa shape index (κ1) is 15.7. The maximum atomic E-state index is 13.7. The molecule has 2 aromatic rings. The summed E-state index contributed by atoms with van der Waals surface area (Å²) in [5.41, 5.74) is 5.92. The number of hydrogen-bond acceptors (Lipinski definition) is 3. The lowest BCUT2D eigenvalue weighted by atomic mass is 10.2. The molecule has 0 fully saturated rings. The lowest BCUT2D eigenvalue weighted by molar-refractivity contribution is 0.300. The monoisotopic (exact) mass is 329 g/mol. The van der Waals surface area contributed by atoms with E-state index in [1.807, 2.05) is 6.92 Å². The fraction of sp³-hybridized carbons (Fsp3) is 0.200. The lowest BCUT2D eigenvalue weighted by Gasteiger charge is -2.12. The fourth-order valence-electron chi connectivity index (χ4n) is 1.68. The van der Waals surface area contributed by atoms with Gasteiger partial charge >= 0.3 is 0 Å². The Morgan fingerprint density at radius 2 is 1.71 bits per heavy atom. The van der Waals surface area contributed by atoms with Crippen LogP contribution in [0.25, 0.3) is 0 Å². The van der Waals surface area contributed by atoms with Gasteiger partial charge in [0, 0.05) is 22.2 Å². The zero-order valence-corrected chi connectivity index (χ0v) is 12.8. The van der Waals surface area contributed by atoms with Crippen LogP contribution in [0.15, 0.2) is 30.3 Å². The largest absolute Gasteiger partial charge is 0.490 e. The molecule has 0 saturated heterocycles. The number of anilines is 1. The molecule has 0 aliphatic carbocycles. The molecule has 21 heavy (non-hydrogen) atoms. The van der Waals surface area contributed by atoms with Crippen LogP contribution in [0, 0.1) is 5.82 Å². The summed E-state index contributed by atoms with van der Waals surface area (Å²) in [6, 6.07) is 7.33. The summed E-state index contributed by atoms with van der Waals surface area (Å²) < 4.78 is 24.6. The van der Waals surface area contributed by atoms with Gasteiger partial charge in [-0.05, 0) is 24.6 Å². The number of rotatable bonds is 5. The van der Waals surface area contributed by atoms with Gasteiger partial charge < -0.3 is 15.2 Å². The normalized spacial score (nSPS) is 10.5. The minimum absolute atomic E-state index is 0.0918. The van der Waals surface area contributed by atoms with E-state index >= 15 is 0 Å². The van der Waals surface area contributed by atoms with E-state index in [9.17, 15) is 4.39 Å². The SMILES string of the molecule is CCCOc1cc(Oc2cc(Cl)cc(Cl)c2)c(N)cc1F. The van der Waals surface area contributed by atoms with Crippen molar-refractivity contribution in [2.75, 3.05) is 12.3 Å². The molecule has 0 saturated carbocycles. The fourth-order valence-corrected chi connectivity index (χ4v) is 2.18. The average molecular weight is 330 g/mol. The Morgan fingerprint density at radius 3 is 2.33 bits per heavy atom. The lowest BCUT2D eigenvalue weighted by Crippen LogP contribution is -2.00. The van der Waals surface area contributed by atoms with Gasteiger partial charge in [-0.25, -0.2) is 4.39 Å². The van der Waals surface area contributed by atoms with E-state index < -0.39 is 5.82 Å². The molecule has 0 aromatic heterocycles. The van der Waals surface area contributed by atoms with Gasteiger partial charge in [0.15, 0.2) is 17.3 Å². The second kappa shape index (κ2) is 6.87. The quantitative estimate of drug-likeness (QED) is 0.757. The molecular formula is C15H14Cl2FNO2. The third-order valence-electron chi connectivity index (χ3n) is 2.59. The van der Waals surface area contributed by atoms with Gasteiger partial charge in [-0.2, -0.15) is 0 Å². The Hall–Kier alpha value is -1.65. The third-order valence-corrected chi connectivity index (χ3v) is 3.03. The van der Waals surface area contributed by atoms with Crippen molar-refractivity contribution in [1.82, 2.24) is 0 Å². The van der Waals surface area contributed by atoms with Crippen molar-refractivity contribution in [3.05, 3.63) is 46.2 Å². The van der Waals surface area contributed by atoms with E-state index in [2.05, 4.69) is 0 Å². The van der Waals surface area contributed by atoms with Crippen molar-refractivity contribution in [3.8, 4) is 17.2 Å². The molecule has 2 N–H and O–H groups in total. The molecule has 0 unspecified atom stereocenters. The predicted octanol–water partition coefficient (Wildman–Crippen LogP) is 5.30. The van der Waals surface area contributed by atoms with Crippen molar-refractivity contribution in [1.29, 1.82) is 0 Å².